The standard InChI is InChI=1S/C16H19N5O5/c1-11(26-21(24)25)9-17-10-14(22)19-7-4-8-20-15(23)12-5-2-3-6-13(12)18-16(19)20/h2-3,5-6,11,17H,4,7-10H2,1H3. The molecule has 0 fully saturated rings. The van der Waals surface area contributed by atoms with E-state index >= 15 is 0 Å². The maximum atomic E-state index is 12.6. The Morgan fingerprint density at radius 1 is 1.42 bits per heavy atom. The van der Waals surface area contributed by atoms with Gasteiger partial charge in [0.25, 0.3) is 10.6 Å². The fourth-order valence-corrected chi connectivity index (χ4v) is 2.95. The molecular formula is C16H19N5O5. The second-order valence-corrected chi connectivity index (χ2v) is 6.06. The smallest absolute Gasteiger partial charge is 0.294 e. The predicted octanol–water partition coefficient (Wildman–Crippen LogP) is 0.320. The van der Waals surface area contributed by atoms with Gasteiger partial charge in [0.1, 0.15) is 6.10 Å². The molecule has 10 nitrogen and oxygen atoms in total. The summed E-state index contributed by atoms with van der Waals surface area (Å²) in [6, 6.07) is 7.03. The molecule has 3 rings (SSSR count). The van der Waals surface area contributed by atoms with Crippen LogP contribution in [0.3, 0.4) is 0 Å². The Bertz CT molecular complexity index is 896. The molecular weight excluding hydrogens is 342 g/mol. The zero-order chi connectivity index (χ0) is 18.7. The van der Waals surface area contributed by atoms with Crippen molar-refractivity contribution in [2.75, 3.05) is 24.5 Å². The number of fused-ring (bicyclic) bond motifs is 2. The van der Waals surface area contributed by atoms with E-state index < -0.39 is 11.2 Å². The number of aromatic nitrogens is 2. The van der Waals surface area contributed by atoms with Gasteiger partial charge in [-0.25, -0.2) is 4.98 Å². The number of nitrogens with zero attached hydrogens (tertiary/aromatic N) is 4. The lowest BCUT2D eigenvalue weighted by molar-refractivity contribution is -0.767. The van der Waals surface area contributed by atoms with Crippen molar-refractivity contribution in [2.45, 2.75) is 26.0 Å². The lowest BCUT2D eigenvalue weighted by Gasteiger charge is -2.29. The van der Waals surface area contributed by atoms with Gasteiger partial charge in [-0.1, -0.05) is 12.1 Å². The van der Waals surface area contributed by atoms with Crippen LogP contribution in [0.5, 0.6) is 0 Å². The Kier molecular flexibility index (Phi) is 5.12. The number of carbonyl (C=O) groups is 1. The van der Waals surface area contributed by atoms with Crippen molar-refractivity contribution in [3.63, 3.8) is 0 Å². The summed E-state index contributed by atoms with van der Waals surface area (Å²) >= 11 is 0. The summed E-state index contributed by atoms with van der Waals surface area (Å²) in [5, 5.41) is 12.8. The van der Waals surface area contributed by atoms with E-state index in [1.165, 1.54) is 16.4 Å². The number of para-hydroxylation sites is 1. The number of nitrogens with one attached hydrogen (secondary N) is 1. The fraction of sp³-hybridized carbons (Fsp3) is 0.438. The number of rotatable bonds is 6. The molecule has 1 unspecified atom stereocenters. The van der Waals surface area contributed by atoms with Crippen LogP contribution in [0, 0.1) is 10.1 Å². The fourth-order valence-electron chi connectivity index (χ4n) is 2.95. The summed E-state index contributed by atoms with van der Waals surface area (Å²) in [4.78, 5) is 45.8. The molecule has 2 heterocycles. The lowest BCUT2D eigenvalue weighted by atomic mass is 10.2. The summed E-state index contributed by atoms with van der Waals surface area (Å²) in [6.45, 7) is 2.62. The van der Waals surface area contributed by atoms with E-state index in [1.54, 1.807) is 24.3 Å². The van der Waals surface area contributed by atoms with E-state index in [0.717, 1.165) is 0 Å². The molecule has 1 atom stereocenters. The van der Waals surface area contributed by atoms with Crippen LogP contribution in [-0.4, -0.2) is 46.3 Å². The van der Waals surface area contributed by atoms with Crippen LogP contribution in [0.15, 0.2) is 29.1 Å². The summed E-state index contributed by atoms with van der Waals surface area (Å²) in [5.74, 6) is 0.0790. The van der Waals surface area contributed by atoms with Crippen molar-refractivity contribution >= 4 is 22.8 Å². The molecule has 10 heteroatoms. The third-order valence-corrected chi connectivity index (χ3v) is 4.12. The van der Waals surface area contributed by atoms with Crippen molar-refractivity contribution in [3.8, 4) is 0 Å². The average Bonchev–Trinajstić information content (AvgIpc) is 2.61. The number of carbonyl (C=O) groups excluding carboxylic acids is 1. The second kappa shape index (κ2) is 7.48. The van der Waals surface area contributed by atoms with Crippen LogP contribution >= 0.6 is 0 Å². The first kappa shape index (κ1) is 17.8. The van der Waals surface area contributed by atoms with Gasteiger partial charge >= 0.3 is 0 Å². The quantitative estimate of drug-likeness (QED) is 0.581. The van der Waals surface area contributed by atoms with E-state index in [0.29, 0.717) is 36.4 Å². The molecule has 26 heavy (non-hydrogen) atoms. The highest BCUT2D eigenvalue weighted by molar-refractivity contribution is 5.94. The average molecular weight is 361 g/mol. The number of amides is 1. The van der Waals surface area contributed by atoms with Crippen molar-refractivity contribution in [3.05, 3.63) is 44.7 Å². The van der Waals surface area contributed by atoms with Gasteiger partial charge in [-0.2, -0.15) is 0 Å². The molecule has 138 valence electrons. The zero-order valence-corrected chi connectivity index (χ0v) is 14.3. The molecule has 1 aromatic heterocycles. The minimum Gasteiger partial charge on any atom is -0.310 e. The first-order valence-electron chi connectivity index (χ1n) is 8.29. The highest BCUT2D eigenvalue weighted by atomic mass is 17.0. The van der Waals surface area contributed by atoms with Gasteiger partial charge in [-0.3, -0.25) is 19.1 Å². The predicted molar refractivity (Wildman–Crippen MR) is 93.4 cm³/mol. The molecule has 0 bridgehead atoms. The largest absolute Gasteiger partial charge is 0.310 e. The SMILES string of the molecule is CC(CNCC(=O)N1CCCn2c1nc1ccccc1c2=O)O[N+](=O)[O-]. The number of anilines is 1. The third kappa shape index (κ3) is 3.64. The Balaban J connectivity index is 1.76. The van der Waals surface area contributed by atoms with E-state index in [2.05, 4.69) is 15.1 Å². The summed E-state index contributed by atoms with van der Waals surface area (Å²) in [6.07, 6.45) is -0.0180. The van der Waals surface area contributed by atoms with Crippen LogP contribution in [0.25, 0.3) is 10.9 Å². The first-order chi connectivity index (χ1) is 12.5. The molecule has 2 aromatic rings. The minimum absolute atomic E-state index is 0.0336. The third-order valence-electron chi connectivity index (χ3n) is 4.12. The van der Waals surface area contributed by atoms with Crippen molar-refractivity contribution in [2.24, 2.45) is 0 Å². The van der Waals surface area contributed by atoms with Gasteiger partial charge in [0.05, 0.1) is 17.4 Å². The highest BCUT2D eigenvalue weighted by Crippen LogP contribution is 2.19. The number of hydrogen-bond acceptors (Lipinski definition) is 7. The minimum atomic E-state index is -0.865. The maximum Gasteiger partial charge on any atom is 0.294 e. The van der Waals surface area contributed by atoms with Gasteiger partial charge in [0.15, 0.2) is 0 Å². The van der Waals surface area contributed by atoms with Crippen molar-refractivity contribution < 1.29 is 14.7 Å². The highest BCUT2D eigenvalue weighted by Gasteiger charge is 2.25. The molecule has 0 aliphatic carbocycles. The summed E-state index contributed by atoms with van der Waals surface area (Å²) < 4.78 is 1.52. The Morgan fingerprint density at radius 2 is 2.19 bits per heavy atom. The van der Waals surface area contributed by atoms with Crippen LogP contribution < -0.4 is 15.8 Å². The number of hydrogen-bond donors (Lipinski definition) is 1. The maximum absolute atomic E-state index is 12.6. The van der Waals surface area contributed by atoms with Crippen LogP contribution in [0.2, 0.25) is 0 Å². The summed E-state index contributed by atoms with van der Waals surface area (Å²) in [7, 11) is 0. The van der Waals surface area contributed by atoms with E-state index in [-0.39, 0.29) is 24.6 Å². The van der Waals surface area contributed by atoms with E-state index in [1.807, 2.05) is 0 Å². The molecule has 1 amide bonds. The van der Waals surface area contributed by atoms with Gasteiger partial charge in [0, 0.05) is 19.6 Å². The molecule has 1 aliphatic rings. The van der Waals surface area contributed by atoms with E-state index in [4.69, 9.17) is 0 Å². The molecule has 0 saturated carbocycles. The Hall–Kier alpha value is -3.01. The first-order valence-corrected chi connectivity index (χ1v) is 8.29. The van der Waals surface area contributed by atoms with Crippen LogP contribution in [0.1, 0.15) is 13.3 Å². The Labute approximate surface area is 148 Å². The molecule has 1 aliphatic heterocycles. The zero-order valence-electron chi connectivity index (χ0n) is 14.3. The lowest BCUT2D eigenvalue weighted by Crippen LogP contribution is -2.46. The normalized spacial score (nSPS) is 14.7. The van der Waals surface area contributed by atoms with E-state index in [9.17, 15) is 19.7 Å². The molecule has 1 N–H and O–H groups in total. The monoisotopic (exact) mass is 361 g/mol. The van der Waals surface area contributed by atoms with Crippen LogP contribution in [0.4, 0.5) is 5.95 Å². The summed E-state index contributed by atoms with van der Waals surface area (Å²) in [5.41, 5.74) is 0.383. The molecule has 0 saturated heterocycles. The van der Waals surface area contributed by atoms with Gasteiger partial charge in [0.2, 0.25) is 11.9 Å². The molecule has 0 spiro atoms. The second-order valence-electron chi connectivity index (χ2n) is 6.06. The van der Waals surface area contributed by atoms with Crippen molar-refractivity contribution in [1.82, 2.24) is 14.9 Å². The van der Waals surface area contributed by atoms with Gasteiger partial charge in [-0.15, -0.1) is 10.1 Å². The molecule has 0 radical (unpaired) electrons. The van der Waals surface area contributed by atoms with Gasteiger partial charge < -0.3 is 10.2 Å². The van der Waals surface area contributed by atoms with Crippen molar-refractivity contribution in [1.29, 1.82) is 0 Å². The van der Waals surface area contributed by atoms with Gasteiger partial charge in [-0.05, 0) is 25.5 Å². The van der Waals surface area contributed by atoms with Crippen LogP contribution in [-0.2, 0) is 16.2 Å². The topological polar surface area (TPSA) is 120 Å². The number of benzene rings is 1. The molecule has 1 aromatic carbocycles. The Morgan fingerprint density at radius 3 is 2.96 bits per heavy atom.